The highest BCUT2D eigenvalue weighted by Gasteiger charge is 2.31. The van der Waals surface area contributed by atoms with Gasteiger partial charge in [-0.1, -0.05) is 5.16 Å². The fourth-order valence-corrected chi connectivity index (χ4v) is 3.33. The van der Waals surface area contributed by atoms with E-state index in [4.69, 9.17) is 9.26 Å². The highest BCUT2D eigenvalue weighted by molar-refractivity contribution is 6.01. The Morgan fingerprint density at radius 1 is 1.14 bits per heavy atom. The van der Waals surface area contributed by atoms with Gasteiger partial charge in [0.25, 0.3) is 5.91 Å². The summed E-state index contributed by atoms with van der Waals surface area (Å²) in [5.74, 6) is 0.576. The van der Waals surface area contributed by atoms with Gasteiger partial charge in [0.15, 0.2) is 5.76 Å². The second-order valence-corrected chi connectivity index (χ2v) is 6.83. The van der Waals surface area contributed by atoms with E-state index in [0.717, 1.165) is 0 Å². The third-order valence-corrected chi connectivity index (χ3v) is 4.90. The third kappa shape index (κ3) is 4.01. The van der Waals surface area contributed by atoms with Crippen molar-refractivity contribution < 1.29 is 24.0 Å². The first-order valence-electron chi connectivity index (χ1n) is 9.29. The maximum atomic E-state index is 13.3. The van der Waals surface area contributed by atoms with Crippen LogP contribution in [0, 0.1) is 0 Å². The molecule has 150 valence electrons. The lowest BCUT2D eigenvalue weighted by Crippen LogP contribution is -2.37. The fourth-order valence-electron chi connectivity index (χ4n) is 3.33. The van der Waals surface area contributed by atoms with Crippen molar-refractivity contribution in [2.45, 2.75) is 26.4 Å². The number of ether oxygens (including phenoxy) is 1. The van der Waals surface area contributed by atoms with Crippen molar-refractivity contribution in [2.24, 2.45) is 0 Å². The predicted molar refractivity (Wildman–Crippen MR) is 102 cm³/mol. The van der Waals surface area contributed by atoms with Crippen LogP contribution in [0.3, 0.4) is 0 Å². The predicted octanol–water partition coefficient (Wildman–Crippen LogP) is 2.10. The van der Waals surface area contributed by atoms with Crippen LogP contribution in [-0.4, -0.2) is 65.2 Å². The van der Waals surface area contributed by atoms with Crippen molar-refractivity contribution in [3.63, 3.8) is 0 Å². The number of carbonyl (C=O) groups excluding carboxylic acids is 2. The summed E-state index contributed by atoms with van der Waals surface area (Å²) >= 11 is 0. The molecule has 8 heteroatoms. The number of rotatable bonds is 4. The quantitative estimate of drug-likeness (QED) is 0.863. The van der Waals surface area contributed by atoms with Crippen molar-refractivity contribution in [1.82, 2.24) is 15.0 Å². The van der Waals surface area contributed by atoms with Gasteiger partial charge < -0.3 is 24.2 Å². The van der Waals surface area contributed by atoms with Crippen molar-refractivity contribution in [1.29, 1.82) is 0 Å². The average Bonchev–Trinajstić information content (AvgIpc) is 2.98. The molecule has 1 aromatic carbocycles. The van der Waals surface area contributed by atoms with Crippen LogP contribution in [-0.2, 0) is 4.79 Å². The maximum Gasteiger partial charge on any atom is 0.259 e. The minimum absolute atomic E-state index is 0.00266. The van der Waals surface area contributed by atoms with Gasteiger partial charge in [0.2, 0.25) is 5.91 Å². The van der Waals surface area contributed by atoms with Crippen molar-refractivity contribution in [3.05, 3.63) is 35.6 Å². The zero-order valence-corrected chi connectivity index (χ0v) is 16.3. The van der Waals surface area contributed by atoms with Gasteiger partial charge in [-0.25, -0.2) is 0 Å². The molecule has 1 saturated heterocycles. The Hall–Kier alpha value is -2.87. The summed E-state index contributed by atoms with van der Waals surface area (Å²) in [7, 11) is 1.58. The van der Waals surface area contributed by atoms with Gasteiger partial charge in [-0.05, 0) is 37.6 Å². The number of methoxy groups -OCH3 is 1. The summed E-state index contributed by atoms with van der Waals surface area (Å²) < 4.78 is 10.5. The van der Waals surface area contributed by atoms with Crippen LogP contribution in [0.25, 0.3) is 11.3 Å². The fraction of sp³-hybridized carbons (Fsp3) is 0.450. The SMILES string of the molecule is COc1ccc(-c2noc([C@H](C)O)c2C(=O)N2CCCN(C(C)=O)CC2)cc1. The first-order chi connectivity index (χ1) is 13.4. The molecule has 1 aromatic heterocycles. The molecule has 0 radical (unpaired) electrons. The monoisotopic (exact) mass is 387 g/mol. The Labute approximate surface area is 163 Å². The molecule has 1 fully saturated rings. The van der Waals surface area contributed by atoms with E-state index in [9.17, 15) is 14.7 Å². The van der Waals surface area contributed by atoms with Gasteiger partial charge >= 0.3 is 0 Å². The Balaban J connectivity index is 1.93. The molecule has 0 bridgehead atoms. The molecular formula is C20H25N3O5. The molecule has 1 atom stereocenters. The van der Waals surface area contributed by atoms with Crippen LogP contribution < -0.4 is 4.74 Å². The van der Waals surface area contributed by atoms with Crippen molar-refractivity contribution >= 4 is 11.8 Å². The van der Waals surface area contributed by atoms with Crippen LogP contribution in [0.1, 0.15) is 42.5 Å². The third-order valence-electron chi connectivity index (χ3n) is 4.90. The molecular weight excluding hydrogens is 362 g/mol. The maximum absolute atomic E-state index is 13.3. The molecule has 3 rings (SSSR count). The van der Waals surface area contributed by atoms with E-state index < -0.39 is 6.10 Å². The van der Waals surface area contributed by atoms with Crippen LogP contribution in [0.4, 0.5) is 0 Å². The average molecular weight is 387 g/mol. The lowest BCUT2D eigenvalue weighted by Gasteiger charge is -2.22. The van der Waals surface area contributed by atoms with E-state index in [1.807, 2.05) is 0 Å². The van der Waals surface area contributed by atoms with Gasteiger partial charge in [0, 0.05) is 38.7 Å². The minimum Gasteiger partial charge on any atom is -0.497 e. The summed E-state index contributed by atoms with van der Waals surface area (Å²) in [5, 5.41) is 14.1. The zero-order chi connectivity index (χ0) is 20.3. The van der Waals surface area contributed by atoms with Crippen molar-refractivity contribution in [2.75, 3.05) is 33.3 Å². The molecule has 2 aromatic rings. The molecule has 0 saturated carbocycles. The van der Waals surface area contributed by atoms with Crippen LogP contribution in [0.2, 0.25) is 0 Å². The number of benzene rings is 1. The number of hydrogen-bond donors (Lipinski definition) is 1. The summed E-state index contributed by atoms with van der Waals surface area (Å²) in [6.45, 7) is 5.12. The minimum atomic E-state index is -0.973. The van der Waals surface area contributed by atoms with E-state index in [-0.39, 0.29) is 23.1 Å². The summed E-state index contributed by atoms with van der Waals surface area (Å²) in [6, 6.07) is 7.13. The molecule has 1 N–H and O–H groups in total. The summed E-state index contributed by atoms with van der Waals surface area (Å²) in [5.41, 5.74) is 1.34. The largest absolute Gasteiger partial charge is 0.497 e. The van der Waals surface area contributed by atoms with E-state index in [0.29, 0.717) is 49.6 Å². The van der Waals surface area contributed by atoms with Gasteiger partial charge in [-0.15, -0.1) is 0 Å². The number of carbonyl (C=O) groups is 2. The molecule has 2 amide bonds. The van der Waals surface area contributed by atoms with E-state index >= 15 is 0 Å². The van der Waals surface area contributed by atoms with Crippen LogP contribution >= 0.6 is 0 Å². The first kappa shape index (κ1) is 19.9. The second-order valence-electron chi connectivity index (χ2n) is 6.83. The molecule has 1 aliphatic heterocycles. The van der Waals surface area contributed by atoms with Crippen LogP contribution in [0.15, 0.2) is 28.8 Å². The number of aliphatic hydroxyl groups is 1. The summed E-state index contributed by atoms with van der Waals surface area (Å²) in [4.78, 5) is 28.4. The number of aromatic nitrogens is 1. The van der Waals surface area contributed by atoms with E-state index in [2.05, 4.69) is 5.16 Å². The Morgan fingerprint density at radius 2 is 1.79 bits per heavy atom. The standard InChI is InChI=1S/C20H25N3O5/c1-13(24)19-17(18(21-28-19)15-5-7-16(27-3)8-6-15)20(26)23-10-4-9-22(11-12-23)14(2)25/h5-8,13,24H,4,9-12H2,1-3H3/t13-/m0/s1. The molecule has 0 aliphatic carbocycles. The van der Waals surface area contributed by atoms with Crippen LogP contribution in [0.5, 0.6) is 5.75 Å². The highest BCUT2D eigenvalue weighted by Crippen LogP contribution is 2.31. The molecule has 28 heavy (non-hydrogen) atoms. The molecule has 2 heterocycles. The number of hydrogen-bond acceptors (Lipinski definition) is 6. The summed E-state index contributed by atoms with van der Waals surface area (Å²) in [6.07, 6.45) is -0.280. The van der Waals surface area contributed by atoms with Gasteiger partial charge in [-0.3, -0.25) is 9.59 Å². The lowest BCUT2D eigenvalue weighted by atomic mass is 10.0. The second kappa shape index (κ2) is 8.43. The van der Waals surface area contributed by atoms with E-state index in [1.54, 1.807) is 41.2 Å². The Morgan fingerprint density at radius 3 is 2.39 bits per heavy atom. The number of nitrogens with zero attached hydrogens (tertiary/aromatic N) is 3. The molecule has 0 spiro atoms. The molecule has 0 unspecified atom stereocenters. The first-order valence-corrected chi connectivity index (χ1v) is 9.29. The topological polar surface area (TPSA) is 96.1 Å². The highest BCUT2D eigenvalue weighted by atomic mass is 16.5. The normalized spacial score (nSPS) is 15.9. The van der Waals surface area contributed by atoms with Crippen molar-refractivity contribution in [3.8, 4) is 17.0 Å². The van der Waals surface area contributed by atoms with Gasteiger partial charge in [0.05, 0.1) is 7.11 Å². The lowest BCUT2D eigenvalue weighted by molar-refractivity contribution is -0.128. The van der Waals surface area contributed by atoms with Gasteiger partial charge in [0.1, 0.15) is 23.1 Å². The number of aliphatic hydroxyl groups excluding tert-OH is 1. The number of amides is 2. The zero-order valence-electron chi connectivity index (χ0n) is 16.3. The Kier molecular flexibility index (Phi) is 5.99. The Bertz CT molecular complexity index is 844. The molecule has 8 nitrogen and oxygen atoms in total. The van der Waals surface area contributed by atoms with Gasteiger partial charge in [-0.2, -0.15) is 0 Å². The molecule has 1 aliphatic rings. The van der Waals surface area contributed by atoms with E-state index in [1.165, 1.54) is 13.8 Å². The smallest absolute Gasteiger partial charge is 0.259 e.